The van der Waals surface area contributed by atoms with E-state index in [4.69, 9.17) is 0 Å². The van der Waals surface area contributed by atoms with Crippen LogP contribution in [0.5, 0.6) is 0 Å². The van der Waals surface area contributed by atoms with Crippen molar-refractivity contribution in [2.75, 3.05) is 26.7 Å². The number of halogens is 1. The molecule has 0 fully saturated rings. The van der Waals surface area contributed by atoms with Crippen molar-refractivity contribution in [1.29, 1.82) is 0 Å². The largest absolute Gasteiger partial charge is 1.00 e. The summed E-state index contributed by atoms with van der Waals surface area (Å²) in [6.45, 7) is 11.1. The number of hydrogen-bond acceptors (Lipinski definition) is 0. The highest BCUT2D eigenvalue weighted by Crippen LogP contribution is 2.13. The van der Waals surface area contributed by atoms with E-state index in [9.17, 15) is 0 Å². The van der Waals surface area contributed by atoms with Crippen molar-refractivity contribution in [2.45, 2.75) is 85.0 Å². The summed E-state index contributed by atoms with van der Waals surface area (Å²) < 4.78 is 1.33. The van der Waals surface area contributed by atoms with Gasteiger partial charge in [0.1, 0.15) is 0 Å². The number of quaternary nitrogens is 1. The van der Waals surface area contributed by atoms with E-state index in [1.54, 1.807) is 0 Å². The summed E-state index contributed by atoms with van der Waals surface area (Å²) in [4.78, 5) is 0. The van der Waals surface area contributed by atoms with Crippen LogP contribution >= 0.6 is 0 Å². The molecular formula is C17H38FN. The highest BCUT2D eigenvalue weighted by atomic mass is 19.0. The van der Waals surface area contributed by atoms with Crippen molar-refractivity contribution in [3.63, 3.8) is 0 Å². The first kappa shape index (κ1) is 21.2. The molecule has 0 N–H and O–H groups in total. The Kier molecular flexibility index (Phi) is 16.0. The van der Waals surface area contributed by atoms with Crippen LogP contribution in [0, 0.1) is 0 Å². The molecule has 0 radical (unpaired) electrons. The monoisotopic (exact) mass is 275 g/mol. The Labute approximate surface area is 121 Å². The maximum absolute atomic E-state index is 2.48. The van der Waals surface area contributed by atoms with Crippen molar-refractivity contribution in [1.82, 2.24) is 0 Å². The van der Waals surface area contributed by atoms with Gasteiger partial charge in [0, 0.05) is 0 Å². The Bertz CT molecular complexity index is 173. The lowest BCUT2D eigenvalue weighted by molar-refractivity contribution is -0.910. The molecule has 1 atom stereocenters. The average molecular weight is 275 g/mol. The second-order valence-corrected chi connectivity index (χ2v) is 6.27. The Hall–Kier alpha value is -0.110. The smallest absolute Gasteiger partial charge is 0.0784 e. The molecule has 0 saturated heterocycles. The minimum atomic E-state index is 0. The summed E-state index contributed by atoms with van der Waals surface area (Å²) >= 11 is 0. The predicted octanol–water partition coefficient (Wildman–Crippen LogP) is 2.40. The molecule has 0 aromatic heterocycles. The van der Waals surface area contributed by atoms with Gasteiger partial charge in [-0.1, -0.05) is 52.9 Å². The molecule has 118 valence electrons. The first-order valence-corrected chi connectivity index (χ1v) is 8.52. The maximum Gasteiger partial charge on any atom is 0.0784 e. The Morgan fingerprint density at radius 3 is 1.37 bits per heavy atom. The van der Waals surface area contributed by atoms with Crippen molar-refractivity contribution in [2.24, 2.45) is 0 Å². The summed E-state index contributed by atoms with van der Waals surface area (Å²) in [5, 5.41) is 0. The van der Waals surface area contributed by atoms with Gasteiger partial charge in [0.2, 0.25) is 0 Å². The molecule has 2 heteroatoms. The van der Waals surface area contributed by atoms with E-state index < -0.39 is 0 Å². The van der Waals surface area contributed by atoms with Gasteiger partial charge in [-0.3, -0.25) is 0 Å². The van der Waals surface area contributed by atoms with E-state index in [1.165, 1.54) is 88.3 Å². The predicted molar refractivity (Wildman–Crippen MR) is 84.0 cm³/mol. The highest BCUT2D eigenvalue weighted by molar-refractivity contribution is 4.47. The number of nitrogens with zero attached hydrogens (tertiary/aromatic N) is 1. The van der Waals surface area contributed by atoms with Crippen molar-refractivity contribution in [3.8, 4) is 0 Å². The van der Waals surface area contributed by atoms with Gasteiger partial charge in [-0.15, -0.1) is 0 Å². The standard InChI is InChI=1S/C17H38N.FH/c1-5-8-10-12-14-17-18(4,15-7-3)16-13-11-9-6-2;/h5-17H2,1-4H3;1H/q+1;/p-1. The molecule has 1 nitrogen and oxygen atoms in total. The molecule has 0 aromatic carbocycles. The van der Waals surface area contributed by atoms with Crippen LogP contribution in [0.4, 0.5) is 0 Å². The molecule has 0 bridgehead atoms. The molecule has 19 heavy (non-hydrogen) atoms. The molecule has 0 saturated carbocycles. The number of unbranched alkanes of at least 4 members (excludes halogenated alkanes) is 7. The fraction of sp³-hybridized carbons (Fsp3) is 1.00. The van der Waals surface area contributed by atoms with Crippen LogP contribution in [0.1, 0.15) is 85.0 Å². The summed E-state index contributed by atoms with van der Waals surface area (Å²) in [6.07, 6.45) is 14.1. The van der Waals surface area contributed by atoms with Gasteiger partial charge in [-0.2, -0.15) is 0 Å². The molecule has 0 spiro atoms. The van der Waals surface area contributed by atoms with E-state index in [1.807, 2.05) is 0 Å². The first-order chi connectivity index (χ1) is 8.68. The van der Waals surface area contributed by atoms with Crippen molar-refractivity contribution < 1.29 is 9.19 Å². The third-order valence-electron chi connectivity index (χ3n) is 4.12. The van der Waals surface area contributed by atoms with Crippen molar-refractivity contribution >= 4 is 0 Å². The Morgan fingerprint density at radius 2 is 0.947 bits per heavy atom. The maximum atomic E-state index is 2.48. The summed E-state index contributed by atoms with van der Waals surface area (Å²) in [7, 11) is 2.48. The molecule has 0 aliphatic heterocycles. The lowest BCUT2D eigenvalue weighted by Crippen LogP contribution is -3.00. The quantitative estimate of drug-likeness (QED) is 0.358. The molecule has 1 unspecified atom stereocenters. The van der Waals surface area contributed by atoms with Crippen LogP contribution < -0.4 is 4.70 Å². The van der Waals surface area contributed by atoms with Gasteiger partial charge in [-0.05, 0) is 32.1 Å². The minimum Gasteiger partial charge on any atom is -1.00 e. The summed E-state index contributed by atoms with van der Waals surface area (Å²) in [6, 6.07) is 0. The summed E-state index contributed by atoms with van der Waals surface area (Å²) in [5.41, 5.74) is 0. The normalized spacial score (nSPS) is 13.9. The lowest BCUT2D eigenvalue weighted by Gasteiger charge is -2.34. The minimum absolute atomic E-state index is 0. The Balaban J connectivity index is 0. The first-order valence-electron chi connectivity index (χ1n) is 8.52. The summed E-state index contributed by atoms with van der Waals surface area (Å²) in [5.74, 6) is 0. The van der Waals surface area contributed by atoms with Gasteiger partial charge in [-0.25, -0.2) is 0 Å². The van der Waals surface area contributed by atoms with E-state index >= 15 is 0 Å². The zero-order chi connectivity index (χ0) is 13.7. The van der Waals surface area contributed by atoms with Crippen LogP contribution in [0.2, 0.25) is 0 Å². The average Bonchev–Trinajstić information content (AvgIpc) is 2.35. The molecule has 0 aliphatic rings. The highest BCUT2D eigenvalue weighted by Gasteiger charge is 2.18. The van der Waals surface area contributed by atoms with E-state index in [-0.39, 0.29) is 4.70 Å². The number of rotatable bonds is 13. The van der Waals surface area contributed by atoms with Gasteiger partial charge in [0.25, 0.3) is 0 Å². The van der Waals surface area contributed by atoms with E-state index in [2.05, 4.69) is 27.8 Å². The molecule has 0 heterocycles. The fourth-order valence-corrected chi connectivity index (χ4v) is 2.89. The zero-order valence-corrected chi connectivity index (χ0v) is 14.0. The molecule has 0 rings (SSSR count). The van der Waals surface area contributed by atoms with Crippen LogP contribution in [0.25, 0.3) is 0 Å². The van der Waals surface area contributed by atoms with Gasteiger partial charge < -0.3 is 9.19 Å². The lowest BCUT2D eigenvalue weighted by atomic mass is 10.1. The van der Waals surface area contributed by atoms with Gasteiger partial charge in [0.05, 0.1) is 26.7 Å². The third kappa shape index (κ3) is 12.7. The fourth-order valence-electron chi connectivity index (χ4n) is 2.89. The molecule has 0 amide bonds. The van der Waals surface area contributed by atoms with Gasteiger partial charge >= 0.3 is 0 Å². The molecule has 0 aromatic rings. The third-order valence-corrected chi connectivity index (χ3v) is 4.12. The Morgan fingerprint density at radius 1 is 0.526 bits per heavy atom. The van der Waals surface area contributed by atoms with Crippen molar-refractivity contribution in [3.05, 3.63) is 0 Å². The van der Waals surface area contributed by atoms with Crippen LogP contribution in [-0.2, 0) is 0 Å². The number of hydrogen-bond donors (Lipinski definition) is 0. The molecule has 0 aliphatic carbocycles. The van der Waals surface area contributed by atoms with Crippen LogP contribution in [0.15, 0.2) is 0 Å². The second kappa shape index (κ2) is 14.3. The van der Waals surface area contributed by atoms with Crippen LogP contribution in [-0.4, -0.2) is 31.2 Å². The SMILES string of the molecule is CCCCCCC[N+](C)(CCC)CCCCCC.[F-]. The molecular weight excluding hydrogens is 237 g/mol. The van der Waals surface area contributed by atoms with Gasteiger partial charge in [0.15, 0.2) is 0 Å². The topological polar surface area (TPSA) is 0 Å². The second-order valence-electron chi connectivity index (χ2n) is 6.27. The van der Waals surface area contributed by atoms with E-state index in [0.29, 0.717) is 0 Å². The van der Waals surface area contributed by atoms with E-state index in [0.717, 1.165) is 0 Å². The zero-order valence-electron chi connectivity index (χ0n) is 14.0. The van der Waals surface area contributed by atoms with Crippen LogP contribution in [0.3, 0.4) is 0 Å².